The van der Waals surface area contributed by atoms with Crippen molar-refractivity contribution in [3.63, 3.8) is 0 Å². The molecule has 0 saturated heterocycles. The van der Waals surface area contributed by atoms with Crippen LogP contribution in [0.4, 0.5) is 0 Å². The Labute approximate surface area is 219 Å². The number of allylic oxidation sites excluding steroid dienone is 1. The van der Waals surface area contributed by atoms with Crippen LogP contribution in [0.5, 0.6) is 0 Å². The summed E-state index contributed by atoms with van der Waals surface area (Å²) in [5.41, 5.74) is 0.110. The monoisotopic (exact) mass is 500 g/mol. The lowest BCUT2D eigenvalue weighted by molar-refractivity contribution is -0.201. The van der Waals surface area contributed by atoms with E-state index < -0.39 is 11.4 Å². The molecule has 4 aliphatic rings. The van der Waals surface area contributed by atoms with E-state index in [9.17, 15) is 19.8 Å². The molecule has 4 nitrogen and oxygen atoms in total. The van der Waals surface area contributed by atoms with Crippen molar-refractivity contribution in [3.05, 3.63) is 11.8 Å². The smallest absolute Gasteiger partial charge is 0.309 e. The van der Waals surface area contributed by atoms with Crippen LogP contribution in [0.15, 0.2) is 11.8 Å². The van der Waals surface area contributed by atoms with Crippen molar-refractivity contribution in [1.29, 1.82) is 0 Å². The van der Waals surface area contributed by atoms with Crippen molar-refractivity contribution in [3.8, 4) is 0 Å². The van der Waals surface area contributed by atoms with E-state index in [0.29, 0.717) is 36.4 Å². The highest BCUT2D eigenvalue weighted by Crippen LogP contribution is 2.77. The molecule has 0 aliphatic heterocycles. The summed E-state index contributed by atoms with van der Waals surface area (Å²) in [5.74, 6) is 1.40. The number of aliphatic carboxylic acids is 1. The molecule has 36 heavy (non-hydrogen) atoms. The maximum Gasteiger partial charge on any atom is 0.309 e. The third-order valence-electron chi connectivity index (χ3n) is 12.8. The van der Waals surface area contributed by atoms with Crippen LogP contribution in [0.2, 0.25) is 0 Å². The van der Waals surface area contributed by atoms with Crippen molar-refractivity contribution < 1.29 is 19.8 Å². The fourth-order valence-corrected chi connectivity index (χ4v) is 9.99. The van der Waals surface area contributed by atoms with Gasteiger partial charge in [-0.1, -0.05) is 48.0 Å². The molecule has 4 rings (SSSR count). The largest absolute Gasteiger partial charge is 0.516 e. The highest BCUT2D eigenvalue weighted by Gasteiger charge is 2.70. The van der Waals surface area contributed by atoms with E-state index in [4.69, 9.17) is 0 Å². The molecule has 204 valence electrons. The minimum Gasteiger partial charge on any atom is -0.516 e. The average molecular weight is 501 g/mol. The van der Waals surface area contributed by atoms with Gasteiger partial charge in [-0.15, -0.1) is 0 Å². The van der Waals surface area contributed by atoms with Gasteiger partial charge in [-0.05, 0) is 116 Å². The third-order valence-corrected chi connectivity index (χ3v) is 12.8. The van der Waals surface area contributed by atoms with Crippen LogP contribution in [0, 0.1) is 50.7 Å². The van der Waals surface area contributed by atoms with E-state index >= 15 is 0 Å². The quantitative estimate of drug-likeness (QED) is 0.328. The Morgan fingerprint density at radius 2 is 1.67 bits per heavy atom. The van der Waals surface area contributed by atoms with Gasteiger partial charge in [0.15, 0.2) is 0 Å². The molecule has 0 spiro atoms. The zero-order valence-electron chi connectivity index (χ0n) is 24.1. The van der Waals surface area contributed by atoms with Crippen LogP contribution in [0.1, 0.15) is 126 Å². The number of rotatable bonds is 8. The number of carboxylic acids is 1. The summed E-state index contributed by atoms with van der Waals surface area (Å²) < 4.78 is 0. The molecule has 8 atom stereocenters. The molecule has 4 unspecified atom stereocenters. The molecule has 0 bridgehead atoms. The molecule has 0 radical (unpaired) electrons. The van der Waals surface area contributed by atoms with Crippen molar-refractivity contribution in [1.82, 2.24) is 0 Å². The summed E-state index contributed by atoms with van der Waals surface area (Å²) in [7, 11) is 0. The Kier molecular flexibility index (Phi) is 7.05. The second kappa shape index (κ2) is 9.16. The van der Waals surface area contributed by atoms with Crippen LogP contribution < -0.4 is 0 Å². The molecule has 0 aromatic heterocycles. The normalized spacial score (nSPS) is 46.6. The Morgan fingerprint density at radius 3 is 2.19 bits per heavy atom. The van der Waals surface area contributed by atoms with Crippen molar-refractivity contribution in [2.45, 2.75) is 126 Å². The molecule has 4 aliphatic carbocycles. The van der Waals surface area contributed by atoms with E-state index in [1.165, 1.54) is 19.1 Å². The fraction of sp³-hybridized carbons (Fsp3) is 0.875. The SMILES string of the molecule is CCCC(=O)CC(CC)[C@]1(C)CC[C@@]2(C)C3C[C@](C)(C(=O)O)CC(C4CC4)[C@]3(C)CCC2(C)/C1=C/O. The molecule has 4 heteroatoms. The van der Waals surface area contributed by atoms with Gasteiger partial charge in [0.05, 0.1) is 11.7 Å². The summed E-state index contributed by atoms with van der Waals surface area (Å²) in [4.78, 5) is 25.4. The average Bonchev–Trinajstić information content (AvgIpc) is 3.65. The lowest BCUT2D eigenvalue weighted by Crippen LogP contribution is -2.64. The number of carbonyl (C=O) groups excluding carboxylic acids is 1. The predicted octanol–water partition coefficient (Wildman–Crippen LogP) is 8.35. The molecular weight excluding hydrogens is 448 g/mol. The Hall–Kier alpha value is -1.32. The number of carbonyl (C=O) groups is 2. The molecule has 0 aromatic carbocycles. The number of aliphatic hydroxyl groups is 1. The van der Waals surface area contributed by atoms with Gasteiger partial charge in [-0.3, -0.25) is 9.59 Å². The summed E-state index contributed by atoms with van der Waals surface area (Å²) >= 11 is 0. The van der Waals surface area contributed by atoms with Gasteiger partial charge >= 0.3 is 5.97 Å². The van der Waals surface area contributed by atoms with Gasteiger partial charge in [-0.2, -0.15) is 0 Å². The molecule has 0 aromatic rings. The predicted molar refractivity (Wildman–Crippen MR) is 145 cm³/mol. The van der Waals surface area contributed by atoms with Crippen LogP contribution >= 0.6 is 0 Å². The van der Waals surface area contributed by atoms with Gasteiger partial charge in [0.1, 0.15) is 5.78 Å². The van der Waals surface area contributed by atoms with Crippen molar-refractivity contribution in [2.75, 3.05) is 0 Å². The Bertz CT molecular complexity index is 919. The van der Waals surface area contributed by atoms with E-state index in [1.54, 1.807) is 0 Å². The third kappa shape index (κ3) is 3.90. The maximum absolute atomic E-state index is 12.8. The number of Topliss-reactive ketones (excluding diaryl/α,β-unsaturated/α-hetero) is 1. The van der Waals surface area contributed by atoms with Gasteiger partial charge in [-0.25, -0.2) is 0 Å². The number of aliphatic hydroxyl groups excluding tert-OH is 1. The first-order valence-electron chi connectivity index (χ1n) is 14.9. The summed E-state index contributed by atoms with van der Waals surface area (Å²) in [6.45, 7) is 15.8. The minimum atomic E-state index is -0.680. The second-order valence-electron chi connectivity index (χ2n) is 14.6. The minimum absolute atomic E-state index is 0.0793. The molecule has 2 N–H and O–H groups in total. The number of hydrogen-bond donors (Lipinski definition) is 2. The lowest BCUT2D eigenvalue weighted by atomic mass is 9.33. The zero-order valence-corrected chi connectivity index (χ0v) is 24.1. The van der Waals surface area contributed by atoms with Gasteiger partial charge < -0.3 is 10.2 Å². The summed E-state index contributed by atoms with van der Waals surface area (Å²) in [6.07, 6.45) is 12.6. The summed E-state index contributed by atoms with van der Waals surface area (Å²) in [6, 6.07) is 0. The lowest BCUT2D eigenvalue weighted by Gasteiger charge is -2.71. The first-order valence-corrected chi connectivity index (χ1v) is 14.9. The number of fused-ring (bicyclic) bond motifs is 3. The van der Waals surface area contributed by atoms with E-state index in [2.05, 4.69) is 41.5 Å². The van der Waals surface area contributed by atoms with Gasteiger partial charge in [0.25, 0.3) is 0 Å². The Balaban J connectivity index is 1.76. The van der Waals surface area contributed by atoms with Crippen LogP contribution in [-0.2, 0) is 9.59 Å². The second-order valence-corrected chi connectivity index (χ2v) is 14.6. The highest BCUT2D eigenvalue weighted by atomic mass is 16.4. The topological polar surface area (TPSA) is 74.6 Å². The first kappa shape index (κ1) is 27.7. The molecular formula is C32H52O4. The standard InChI is InChI=1S/C32H52O4/c1-8-10-23(34)17-22(9-2)29(4)13-15-31(6)25-19-28(3,27(35)36)18-24(21-11-12-21)30(25,5)14-16-32(31,7)26(29)20-33/h20-22,24-25,33H,8-19H2,1-7H3,(H,35,36)/b26-20+/t22?,24?,25?,28-,29+,30+,31+,32?/m1/s1. The van der Waals surface area contributed by atoms with E-state index in [1.807, 2.05) is 6.92 Å². The van der Waals surface area contributed by atoms with Crippen LogP contribution in [0.25, 0.3) is 0 Å². The number of hydrogen-bond acceptors (Lipinski definition) is 3. The van der Waals surface area contributed by atoms with Crippen LogP contribution in [0.3, 0.4) is 0 Å². The number of ketones is 1. The first-order chi connectivity index (χ1) is 16.8. The van der Waals surface area contributed by atoms with E-state index in [-0.39, 0.29) is 27.6 Å². The summed E-state index contributed by atoms with van der Waals surface area (Å²) in [5, 5.41) is 21.3. The van der Waals surface area contributed by atoms with Gasteiger partial charge in [0, 0.05) is 12.8 Å². The fourth-order valence-electron chi connectivity index (χ4n) is 9.99. The zero-order chi connectivity index (χ0) is 26.7. The molecule has 4 saturated carbocycles. The molecule has 0 amide bonds. The molecule has 0 heterocycles. The Morgan fingerprint density at radius 1 is 1.00 bits per heavy atom. The molecule has 4 fully saturated rings. The van der Waals surface area contributed by atoms with E-state index in [0.717, 1.165) is 56.9 Å². The highest BCUT2D eigenvalue weighted by molar-refractivity contribution is 5.78. The number of carboxylic acid groups (broad SMARTS) is 1. The van der Waals surface area contributed by atoms with Crippen molar-refractivity contribution >= 4 is 11.8 Å². The van der Waals surface area contributed by atoms with Crippen molar-refractivity contribution in [2.24, 2.45) is 50.7 Å². The van der Waals surface area contributed by atoms with Crippen LogP contribution in [-0.4, -0.2) is 22.0 Å². The van der Waals surface area contributed by atoms with Gasteiger partial charge in [0.2, 0.25) is 0 Å². The maximum atomic E-state index is 12.8.